The topological polar surface area (TPSA) is 239 Å². The highest BCUT2D eigenvalue weighted by atomic mass is 16.8. The van der Waals surface area contributed by atoms with E-state index in [1.165, 1.54) is 5.57 Å². The summed E-state index contributed by atoms with van der Waals surface area (Å²) in [4.78, 5) is 0. The van der Waals surface area contributed by atoms with E-state index in [1.54, 1.807) is 0 Å². The maximum atomic E-state index is 12.3. The fourth-order valence-electron chi connectivity index (χ4n) is 13.4. The summed E-state index contributed by atoms with van der Waals surface area (Å²) in [5, 5.41) is 110. The number of aliphatic hydroxyl groups is 10. The Bertz CT molecular complexity index is 1400. The van der Waals surface area contributed by atoms with Gasteiger partial charge in [-0.25, -0.2) is 0 Å². The van der Waals surface area contributed by atoms with Gasteiger partial charge in [0, 0.05) is 0 Å². The Hall–Kier alpha value is -0.820. The largest absolute Gasteiger partial charge is 0.394 e. The van der Waals surface area contributed by atoms with Crippen LogP contribution in [-0.2, 0) is 18.9 Å². The second kappa shape index (κ2) is 15.9. The third kappa shape index (κ3) is 7.16. The summed E-state index contributed by atoms with van der Waals surface area (Å²) in [5.74, 6) is -0.623. The molecule has 0 aromatic carbocycles. The molecule has 4 aliphatic carbocycles. The van der Waals surface area contributed by atoms with Crippen LogP contribution in [0, 0.1) is 45.3 Å². The molecule has 0 amide bonds. The van der Waals surface area contributed by atoms with Gasteiger partial charge in [0.05, 0.1) is 37.1 Å². The predicted molar refractivity (Wildman–Crippen MR) is 202 cm³/mol. The van der Waals surface area contributed by atoms with Gasteiger partial charge in [-0.05, 0) is 117 Å². The molecule has 14 nitrogen and oxygen atoms in total. The van der Waals surface area contributed by atoms with Crippen molar-refractivity contribution in [3.8, 4) is 0 Å². The minimum absolute atomic E-state index is 0.0169. The zero-order chi connectivity index (χ0) is 41.5. The third-order valence-corrected chi connectivity index (χ3v) is 16.5. The molecule has 2 heterocycles. The minimum Gasteiger partial charge on any atom is -0.394 e. The Morgan fingerprint density at radius 3 is 1.98 bits per heavy atom. The number of ether oxygens (including phenoxy) is 4. The monoisotopic (exact) mass is 800 g/mol. The van der Waals surface area contributed by atoms with Crippen LogP contribution < -0.4 is 0 Å². The van der Waals surface area contributed by atoms with E-state index in [9.17, 15) is 51.1 Å². The summed E-state index contributed by atoms with van der Waals surface area (Å²) in [7, 11) is 0. The fourth-order valence-corrected chi connectivity index (χ4v) is 13.4. The van der Waals surface area contributed by atoms with Crippen molar-refractivity contribution < 1.29 is 70.0 Å². The lowest BCUT2D eigenvalue weighted by Gasteiger charge is -2.72. The molecule has 21 atom stereocenters. The first-order chi connectivity index (χ1) is 26.0. The summed E-state index contributed by atoms with van der Waals surface area (Å²) in [5.41, 5.74) is -1.85. The highest BCUT2D eigenvalue weighted by Crippen LogP contribution is 2.76. The van der Waals surface area contributed by atoms with Crippen LogP contribution in [0.3, 0.4) is 0 Å². The minimum atomic E-state index is -1.81. The van der Waals surface area contributed by atoms with Crippen molar-refractivity contribution in [3.05, 3.63) is 11.6 Å². The van der Waals surface area contributed by atoms with E-state index in [4.69, 9.17) is 18.9 Å². The lowest BCUT2D eigenvalue weighted by atomic mass is 9.34. The Morgan fingerprint density at radius 1 is 0.768 bits per heavy atom. The average molecular weight is 801 g/mol. The molecular weight excluding hydrogens is 728 g/mol. The molecule has 4 unspecified atom stereocenters. The van der Waals surface area contributed by atoms with Crippen molar-refractivity contribution in [2.45, 2.75) is 192 Å². The van der Waals surface area contributed by atoms with Crippen molar-refractivity contribution >= 4 is 0 Å². The van der Waals surface area contributed by atoms with Crippen molar-refractivity contribution in [1.29, 1.82) is 0 Å². The van der Waals surface area contributed by atoms with Gasteiger partial charge in [-0.15, -0.1) is 0 Å². The van der Waals surface area contributed by atoms with Gasteiger partial charge in [0.1, 0.15) is 48.8 Å². The van der Waals surface area contributed by atoms with Gasteiger partial charge in [-0.2, -0.15) is 0 Å². The summed E-state index contributed by atoms with van der Waals surface area (Å²) < 4.78 is 24.9. The SMILES string of the molecule is CC(C)=CCC[C@](C)(O)[C@H]1CCC2(C)C1[C@H](O)CC1[C@@]3(C)CC[C@H](O)C(C)(C)C3[C@@H](O[C@@H]3O[C@H](CO)[C@@H](O)[C@H](O)[C@@H]3O[C@@H]3O[C@H](CO)[C@@H](O)[C@H](O)[C@H]3O)C[C@]12C. The van der Waals surface area contributed by atoms with Crippen molar-refractivity contribution in [1.82, 2.24) is 0 Å². The summed E-state index contributed by atoms with van der Waals surface area (Å²) in [6, 6.07) is 0. The van der Waals surface area contributed by atoms with Crippen LogP contribution in [0.15, 0.2) is 11.6 Å². The Kier molecular flexibility index (Phi) is 12.7. The van der Waals surface area contributed by atoms with E-state index in [2.05, 4.69) is 26.8 Å². The van der Waals surface area contributed by atoms with E-state index in [-0.39, 0.29) is 23.7 Å². The molecule has 6 rings (SSSR count). The van der Waals surface area contributed by atoms with Crippen molar-refractivity contribution in [2.75, 3.05) is 13.2 Å². The van der Waals surface area contributed by atoms with Crippen LogP contribution in [0.2, 0.25) is 0 Å². The van der Waals surface area contributed by atoms with Crippen LogP contribution in [-0.4, -0.2) is 150 Å². The predicted octanol–water partition coefficient (Wildman–Crippen LogP) is 1.12. The van der Waals surface area contributed by atoms with Gasteiger partial charge >= 0.3 is 0 Å². The highest BCUT2D eigenvalue weighted by Gasteiger charge is 2.73. The number of allylic oxidation sites excluding steroid dienone is 2. The molecule has 4 saturated carbocycles. The van der Waals surface area contributed by atoms with Crippen molar-refractivity contribution in [3.63, 3.8) is 0 Å². The molecule has 2 aliphatic heterocycles. The van der Waals surface area contributed by atoms with Gasteiger partial charge in [0.15, 0.2) is 12.6 Å². The van der Waals surface area contributed by atoms with Gasteiger partial charge in [-0.1, -0.05) is 46.3 Å². The molecule has 0 spiro atoms. The quantitative estimate of drug-likeness (QED) is 0.110. The number of rotatable bonds is 10. The van der Waals surface area contributed by atoms with Gasteiger partial charge in [0.2, 0.25) is 0 Å². The number of aliphatic hydroxyl groups excluding tert-OH is 9. The smallest absolute Gasteiger partial charge is 0.187 e. The maximum absolute atomic E-state index is 12.3. The van der Waals surface area contributed by atoms with E-state index in [0.717, 1.165) is 19.3 Å². The Labute approximate surface area is 331 Å². The summed E-state index contributed by atoms with van der Waals surface area (Å²) in [6.45, 7) is 15.5. The number of hydrogen-bond acceptors (Lipinski definition) is 14. The molecule has 324 valence electrons. The molecule has 10 N–H and O–H groups in total. The fraction of sp³-hybridized carbons (Fsp3) is 0.952. The lowest BCUT2D eigenvalue weighted by Crippen LogP contribution is -2.71. The third-order valence-electron chi connectivity index (χ3n) is 16.5. The van der Waals surface area contributed by atoms with Gasteiger partial charge in [-0.3, -0.25) is 0 Å². The van der Waals surface area contributed by atoms with Crippen LogP contribution in [0.4, 0.5) is 0 Å². The first-order valence-electron chi connectivity index (χ1n) is 21.0. The standard InChI is InChI=1S/C42H72O14/c1-20(2)10-9-13-42(8,52)21-11-15-40(6)28(21)22(45)16-26-39(5)14-12-27(46)38(3,4)35(39)23(17-41(26,40)7)53-37-34(32(50)30(48)25(19-44)55-37)56-36-33(51)31(49)29(47)24(18-43)54-36/h10,21-37,43-52H,9,11-19H2,1-8H3/t21-,22+,23-,24+,25+,26?,27-,28?,29+,30+,31-,32-,33+,34-,35?,36-,37+,39+,40?,41+,42-/m0/s1. The molecule has 0 bridgehead atoms. The van der Waals surface area contributed by atoms with Crippen LogP contribution in [0.1, 0.15) is 107 Å². The average Bonchev–Trinajstić information content (AvgIpc) is 3.51. The molecule has 14 heteroatoms. The number of fused-ring (bicyclic) bond motifs is 5. The van der Waals surface area contributed by atoms with E-state index < -0.39 is 120 Å². The lowest BCUT2D eigenvalue weighted by molar-refractivity contribution is -0.383. The molecule has 0 radical (unpaired) electrons. The molecule has 56 heavy (non-hydrogen) atoms. The first-order valence-corrected chi connectivity index (χ1v) is 21.0. The van der Waals surface area contributed by atoms with Crippen molar-refractivity contribution in [2.24, 2.45) is 45.3 Å². The maximum Gasteiger partial charge on any atom is 0.187 e. The zero-order valence-corrected chi connectivity index (χ0v) is 34.6. The van der Waals surface area contributed by atoms with Crippen LogP contribution in [0.5, 0.6) is 0 Å². The Balaban J connectivity index is 1.38. The van der Waals surface area contributed by atoms with E-state index in [1.807, 2.05) is 34.6 Å². The molecule has 0 aromatic heterocycles. The van der Waals surface area contributed by atoms with Gasteiger partial charge < -0.3 is 70.0 Å². The van der Waals surface area contributed by atoms with E-state index in [0.29, 0.717) is 32.1 Å². The van der Waals surface area contributed by atoms with E-state index >= 15 is 0 Å². The second-order valence-electron chi connectivity index (χ2n) is 20.3. The highest BCUT2D eigenvalue weighted by molar-refractivity contribution is 5.22. The van der Waals surface area contributed by atoms with Crippen LogP contribution in [0.25, 0.3) is 0 Å². The van der Waals surface area contributed by atoms with Crippen LogP contribution >= 0.6 is 0 Å². The summed E-state index contributed by atoms with van der Waals surface area (Å²) in [6.07, 6.45) is -10.6. The normalized spacial score (nSPS) is 52.6. The number of hydrogen-bond donors (Lipinski definition) is 10. The zero-order valence-electron chi connectivity index (χ0n) is 34.6. The molecule has 6 aliphatic rings. The molecule has 2 saturated heterocycles. The summed E-state index contributed by atoms with van der Waals surface area (Å²) >= 11 is 0. The molecule has 6 fully saturated rings. The Morgan fingerprint density at radius 2 is 1.38 bits per heavy atom. The second-order valence-corrected chi connectivity index (χ2v) is 20.3. The first kappa shape index (κ1) is 44.7. The van der Waals surface area contributed by atoms with Gasteiger partial charge in [0.25, 0.3) is 0 Å². The molecular formula is C42H72O14. The molecule has 0 aromatic rings.